The summed E-state index contributed by atoms with van der Waals surface area (Å²) >= 11 is 6.39. The monoisotopic (exact) mass is 460 g/mol. The Morgan fingerprint density at radius 3 is 2.66 bits per heavy atom. The molecule has 2 heterocycles. The minimum absolute atomic E-state index is 0. The third-order valence-corrected chi connectivity index (χ3v) is 4.57. The van der Waals surface area contributed by atoms with Crippen LogP contribution in [0.4, 0.5) is 11.5 Å². The maximum Gasteiger partial charge on any atom is 1.00 e. The van der Waals surface area contributed by atoms with E-state index >= 15 is 0 Å². The van der Waals surface area contributed by atoms with Gasteiger partial charge in [-0.2, -0.15) is 0 Å². The molecule has 0 atom stereocenters. The molecule has 2 aromatic carbocycles. The van der Waals surface area contributed by atoms with Crippen molar-refractivity contribution in [3.05, 3.63) is 77.8 Å². The van der Waals surface area contributed by atoms with E-state index in [-0.39, 0.29) is 31.0 Å². The van der Waals surface area contributed by atoms with E-state index in [1.807, 2.05) is 18.2 Å². The van der Waals surface area contributed by atoms with E-state index in [0.29, 0.717) is 45.5 Å². The molecule has 2 aromatic heterocycles. The van der Waals surface area contributed by atoms with Crippen molar-refractivity contribution in [3.63, 3.8) is 0 Å². The zero-order valence-electron chi connectivity index (χ0n) is 18.2. The zero-order chi connectivity index (χ0) is 21.6. The predicted octanol–water partition coefficient (Wildman–Crippen LogP) is 1.58. The van der Waals surface area contributed by atoms with Gasteiger partial charge in [-0.1, -0.05) is 23.7 Å². The van der Waals surface area contributed by atoms with Gasteiger partial charge in [-0.25, -0.2) is 14.8 Å². The van der Waals surface area contributed by atoms with Crippen LogP contribution in [0.2, 0.25) is 5.02 Å². The number of aliphatic carboxylic acids is 1. The van der Waals surface area contributed by atoms with Crippen LogP contribution in [-0.2, 0) is 11.4 Å². The Morgan fingerprint density at radius 2 is 1.91 bits per heavy atom. The fraction of sp³-hybridized carbons (Fsp3) is 0.0909. The van der Waals surface area contributed by atoms with Crippen molar-refractivity contribution in [3.8, 4) is 11.5 Å². The SMILES string of the molecule is O=C(O)COc1cccc2ncnc(Nc3ccc(OCc4ccccn4)c(Cl)c3)c12.[H-].[Na+]. The number of rotatable bonds is 8. The Bertz CT molecular complexity index is 1230. The molecule has 0 aliphatic rings. The van der Waals surface area contributed by atoms with Gasteiger partial charge in [-0.3, -0.25) is 4.98 Å². The first-order valence-corrected chi connectivity index (χ1v) is 9.65. The molecule has 0 aliphatic heterocycles. The van der Waals surface area contributed by atoms with Crippen LogP contribution >= 0.6 is 11.6 Å². The number of carboxylic acid groups (broad SMARTS) is 1. The number of hydrogen-bond acceptors (Lipinski definition) is 7. The van der Waals surface area contributed by atoms with Gasteiger partial charge in [0.25, 0.3) is 0 Å². The van der Waals surface area contributed by atoms with Gasteiger partial charge in [0.05, 0.1) is 21.6 Å². The molecular formula is C22H18ClN4NaO4. The summed E-state index contributed by atoms with van der Waals surface area (Å²) in [5, 5.41) is 13.1. The second kappa shape index (κ2) is 11.1. The van der Waals surface area contributed by atoms with Crippen molar-refractivity contribution >= 4 is 40.0 Å². The number of ether oxygens (including phenoxy) is 2. The summed E-state index contributed by atoms with van der Waals surface area (Å²) in [5.74, 6) is 0.279. The molecular weight excluding hydrogens is 443 g/mol. The van der Waals surface area contributed by atoms with Crippen LogP contribution in [0.3, 0.4) is 0 Å². The minimum Gasteiger partial charge on any atom is -1.00 e. The number of pyridine rings is 1. The summed E-state index contributed by atoms with van der Waals surface area (Å²) in [7, 11) is 0. The number of aromatic nitrogens is 3. The van der Waals surface area contributed by atoms with Crippen molar-refractivity contribution in [1.29, 1.82) is 0 Å². The van der Waals surface area contributed by atoms with E-state index in [1.54, 1.807) is 42.6 Å². The Balaban J connectivity index is 0.00000193. The Morgan fingerprint density at radius 1 is 1.03 bits per heavy atom. The average molecular weight is 461 g/mol. The smallest absolute Gasteiger partial charge is 1.00 e. The molecule has 4 rings (SSSR count). The van der Waals surface area contributed by atoms with Gasteiger partial charge >= 0.3 is 35.5 Å². The number of benzene rings is 2. The molecule has 158 valence electrons. The topological polar surface area (TPSA) is 106 Å². The second-order valence-corrected chi connectivity index (χ2v) is 6.84. The van der Waals surface area contributed by atoms with Crippen molar-refractivity contribution in [2.45, 2.75) is 6.61 Å². The third kappa shape index (κ3) is 5.86. The van der Waals surface area contributed by atoms with E-state index in [0.717, 1.165) is 5.69 Å². The van der Waals surface area contributed by atoms with Gasteiger partial charge in [-0.15, -0.1) is 0 Å². The molecule has 0 radical (unpaired) electrons. The summed E-state index contributed by atoms with van der Waals surface area (Å²) in [6.07, 6.45) is 3.12. The molecule has 0 aliphatic carbocycles. The summed E-state index contributed by atoms with van der Waals surface area (Å²) in [6, 6.07) is 16.1. The van der Waals surface area contributed by atoms with Crippen LogP contribution in [0.1, 0.15) is 7.12 Å². The van der Waals surface area contributed by atoms with Gasteiger partial charge in [0, 0.05) is 11.9 Å². The van der Waals surface area contributed by atoms with Crippen LogP contribution < -0.4 is 44.3 Å². The fourth-order valence-electron chi connectivity index (χ4n) is 2.90. The first-order chi connectivity index (χ1) is 15.1. The average Bonchev–Trinajstić information content (AvgIpc) is 2.78. The first kappa shape index (κ1) is 23.7. The Labute approximate surface area is 212 Å². The Kier molecular flexibility index (Phi) is 8.24. The zero-order valence-corrected chi connectivity index (χ0v) is 19.9. The molecule has 2 N–H and O–H groups in total. The Hall–Kier alpha value is -2.91. The van der Waals surface area contributed by atoms with Gasteiger partial charge in [0.1, 0.15) is 30.3 Å². The largest absolute Gasteiger partial charge is 1.00 e. The molecule has 0 unspecified atom stereocenters. The number of nitrogens with zero attached hydrogens (tertiary/aromatic N) is 3. The number of carboxylic acids is 1. The maximum atomic E-state index is 10.9. The van der Waals surface area contributed by atoms with Gasteiger partial charge in [0.2, 0.25) is 0 Å². The van der Waals surface area contributed by atoms with Gasteiger partial charge in [0.15, 0.2) is 6.61 Å². The fourth-order valence-corrected chi connectivity index (χ4v) is 3.14. The second-order valence-electron chi connectivity index (χ2n) is 6.43. The summed E-state index contributed by atoms with van der Waals surface area (Å²) in [5.41, 5.74) is 2.08. The van der Waals surface area contributed by atoms with Crippen LogP contribution in [0, 0.1) is 0 Å². The first-order valence-electron chi connectivity index (χ1n) is 9.28. The molecule has 10 heteroatoms. The molecule has 4 aromatic rings. The molecule has 0 saturated carbocycles. The molecule has 0 bridgehead atoms. The predicted molar refractivity (Wildman–Crippen MR) is 117 cm³/mol. The molecule has 32 heavy (non-hydrogen) atoms. The van der Waals surface area contributed by atoms with Gasteiger partial charge in [-0.05, 0) is 42.5 Å². The van der Waals surface area contributed by atoms with E-state index in [2.05, 4.69) is 20.3 Å². The summed E-state index contributed by atoms with van der Waals surface area (Å²) in [6.45, 7) is -0.171. The third-order valence-electron chi connectivity index (χ3n) is 4.27. The maximum absolute atomic E-state index is 10.9. The summed E-state index contributed by atoms with van der Waals surface area (Å²) in [4.78, 5) is 23.6. The van der Waals surface area contributed by atoms with Gasteiger partial charge < -0.3 is 21.3 Å². The molecule has 0 fully saturated rings. The summed E-state index contributed by atoms with van der Waals surface area (Å²) < 4.78 is 11.2. The number of fused-ring (bicyclic) bond motifs is 1. The van der Waals surface area contributed by atoms with Crippen molar-refractivity contribution < 1.29 is 50.4 Å². The normalized spacial score (nSPS) is 10.3. The van der Waals surface area contributed by atoms with Crippen molar-refractivity contribution in [2.75, 3.05) is 11.9 Å². The molecule has 0 amide bonds. The van der Waals surface area contributed by atoms with E-state index < -0.39 is 12.6 Å². The standard InChI is InChI=1S/C22H17ClN4O4.Na.H/c23-16-10-14(7-8-18(16)30-11-15-4-1-2-9-24-15)27-22-21-17(25-13-26-22)5-3-6-19(21)31-12-20(28)29;;/h1-10,13H,11-12H2,(H,28,29)(H,25,26,27);;/q;+1;-1. The van der Waals surface area contributed by atoms with Crippen LogP contribution in [0.5, 0.6) is 11.5 Å². The van der Waals surface area contributed by atoms with E-state index in [9.17, 15) is 4.79 Å². The molecule has 8 nitrogen and oxygen atoms in total. The van der Waals surface area contributed by atoms with Crippen molar-refractivity contribution in [1.82, 2.24) is 15.0 Å². The molecule has 0 spiro atoms. The van der Waals surface area contributed by atoms with E-state index in [1.165, 1.54) is 6.33 Å². The number of hydrogen-bond donors (Lipinski definition) is 2. The number of anilines is 2. The molecule has 0 saturated heterocycles. The van der Waals surface area contributed by atoms with Crippen LogP contribution in [-0.4, -0.2) is 32.6 Å². The van der Waals surface area contributed by atoms with Crippen LogP contribution in [0.25, 0.3) is 10.9 Å². The minimum atomic E-state index is -1.07. The number of halogens is 1. The number of nitrogens with one attached hydrogen (secondary N) is 1. The quantitative estimate of drug-likeness (QED) is 0.382. The van der Waals surface area contributed by atoms with Crippen molar-refractivity contribution in [2.24, 2.45) is 0 Å². The van der Waals surface area contributed by atoms with E-state index in [4.69, 9.17) is 26.2 Å². The van der Waals surface area contributed by atoms with Crippen LogP contribution in [0.15, 0.2) is 67.1 Å². The number of carbonyl (C=O) groups is 1.